The number of unbranched alkanes of at least 4 members (excludes halogenated alkanes) is 1. The number of hydrogen-bond acceptors (Lipinski definition) is 0. The Labute approximate surface area is 92.7 Å². The van der Waals surface area contributed by atoms with Gasteiger partial charge in [-0.25, -0.2) is 0 Å². The van der Waals surface area contributed by atoms with E-state index in [0.29, 0.717) is 0 Å². The highest BCUT2D eigenvalue weighted by Gasteiger charge is 1.86. The molecule has 1 aromatic rings. The van der Waals surface area contributed by atoms with Crippen LogP contribution >= 0.6 is 27.5 Å². The van der Waals surface area contributed by atoms with Crippen molar-refractivity contribution in [3.8, 4) is 0 Å². The maximum absolute atomic E-state index is 5.77. The quantitative estimate of drug-likeness (QED) is 0.550. The second-order valence-corrected chi connectivity index (χ2v) is 4.01. The monoisotopic (exact) mass is 258 g/mol. The highest BCUT2D eigenvalue weighted by Crippen LogP contribution is 2.11. The van der Waals surface area contributed by atoms with Crippen molar-refractivity contribution in [1.29, 1.82) is 0 Å². The molecular formula is C11H12BrCl. The summed E-state index contributed by atoms with van der Waals surface area (Å²) in [6.45, 7) is 0. The van der Waals surface area contributed by atoms with Crippen LogP contribution in [0, 0.1) is 0 Å². The fourth-order valence-corrected chi connectivity index (χ4v) is 1.44. The van der Waals surface area contributed by atoms with E-state index in [9.17, 15) is 0 Å². The third-order valence-electron chi connectivity index (χ3n) is 1.68. The minimum atomic E-state index is 0.789. The molecule has 0 aliphatic rings. The average molecular weight is 260 g/mol. The number of benzene rings is 1. The summed E-state index contributed by atoms with van der Waals surface area (Å²) >= 11 is 9.16. The van der Waals surface area contributed by atoms with Crippen LogP contribution in [0.3, 0.4) is 0 Å². The molecule has 0 radical (unpaired) electrons. The lowest BCUT2D eigenvalue weighted by Gasteiger charge is -1.93. The Morgan fingerprint density at radius 3 is 2.54 bits per heavy atom. The van der Waals surface area contributed by atoms with Gasteiger partial charge in [0.1, 0.15) is 0 Å². The molecule has 0 spiro atoms. The van der Waals surface area contributed by atoms with Crippen LogP contribution < -0.4 is 0 Å². The Hall–Kier alpha value is -0.270. The third-order valence-corrected chi connectivity index (χ3v) is 2.50. The topological polar surface area (TPSA) is 0 Å². The maximum atomic E-state index is 5.77. The zero-order valence-electron chi connectivity index (χ0n) is 7.34. The van der Waals surface area contributed by atoms with Crippen LogP contribution in [0.1, 0.15) is 18.4 Å². The van der Waals surface area contributed by atoms with Gasteiger partial charge in [0.2, 0.25) is 0 Å². The molecule has 0 amide bonds. The van der Waals surface area contributed by atoms with Gasteiger partial charge in [-0.05, 0) is 30.5 Å². The van der Waals surface area contributed by atoms with E-state index >= 15 is 0 Å². The van der Waals surface area contributed by atoms with E-state index in [1.165, 1.54) is 12.0 Å². The van der Waals surface area contributed by atoms with Crippen molar-refractivity contribution in [2.45, 2.75) is 12.8 Å². The fourth-order valence-electron chi connectivity index (χ4n) is 0.988. The summed E-state index contributed by atoms with van der Waals surface area (Å²) in [5, 5.41) is 1.86. The molecule has 0 heterocycles. The van der Waals surface area contributed by atoms with Crippen molar-refractivity contribution in [2.75, 3.05) is 5.33 Å². The number of hydrogen-bond donors (Lipinski definition) is 0. The molecule has 0 aromatic heterocycles. The first kappa shape index (κ1) is 10.8. The lowest BCUT2D eigenvalue weighted by Crippen LogP contribution is -1.72. The molecule has 2 heteroatoms. The van der Waals surface area contributed by atoms with Crippen molar-refractivity contribution in [3.05, 3.63) is 40.9 Å². The van der Waals surface area contributed by atoms with Gasteiger partial charge in [0.15, 0.2) is 0 Å². The van der Waals surface area contributed by atoms with Gasteiger partial charge in [-0.1, -0.05) is 51.8 Å². The van der Waals surface area contributed by atoms with E-state index in [0.717, 1.165) is 16.8 Å². The minimum Gasteiger partial charge on any atom is -0.0928 e. The lowest BCUT2D eigenvalue weighted by molar-refractivity contribution is 0.983. The van der Waals surface area contributed by atoms with Gasteiger partial charge in [0.25, 0.3) is 0 Å². The van der Waals surface area contributed by atoms with Gasteiger partial charge in [-0.2, -0.15) is 0 Å². The number of allylic oxidation sites excluding steroid dienone is 1. The molecule has 0 atom stereocenters. The van der Waals surface area contributed by atoms with Gasteiger partial charge >= 0.3 is 0 Å². The zero-order chi connectivity index (χ0) is 9.52. The predicted octanol–water partition coefficient (Wildman–Crippen LogP) is 4.53. The Balaban J connectivity index is 2.44. The van der Waals surface area contributed by atoms with Crippen LogP contribution in [-0.4, -0.2) is 5.33 Å². The first-order chi connectivity index (χ1) is 6.33. The van der Waals surface area contributed by atoms with Crippen LogP contribution in [0.25, 0.3) is 6.08 Å². The number of halogens is 2. The van der Waals surface area contributed by atoms with Crippen LogP contribution in [0.2, 0.25) is 5.02 Å². The van der Waals surface area contributed by atoms with Gasteiger partial charge in [-0.15, -0.1) is 0 Å². The molecule has 1 aromatic carbocycles. The molecular weight excluding hydrogens is 247 g/mol. The average Bonchev–Trinajstić information content (AvgIpc) is 2.15. The molecule has 0 aliphatic carbocycles. The van der Waals surface area contributed by atoms with E-state index in [1.54, 1.807) is 0 Å². The Kier molecular flexibility index (Phi) is 5.18. The summed E-state index contributed by atoms with van der Waals surface area (Å²) in [5.74, 6) is 0. The summed E-state index contributed by atoms with van der Waals surface area (Å²) < 4.78 is 0. The summed E-state index contributed by atoms with van der Waals surface area (Å²) in [5.41, 5.74) is 1.21. The summed E-state index contributed by atoms with van der Waals surface area (Å²) in [4.78, 5) is 0. The molecule has 0 saturated carbocycles. The van der Waals surface area contributed by atoms with Crippen LogP contribution in [0.15, 0.2) is 30.3 Å². The standard InChI is InChI=1S/C11H12BrCl/c12-9-3-1-2-4-10-5-7-11(13)8-6-10/h2,4-8H,1,3,9H2/b4-2+. The van der Waals surface area contributed by atoms with Crippen molar-refractivity contribution >= 4 is 33.6 Å². The highest BCUT2D eigenvalue weighted by atomic mass is 79.9. The second kappa shape index (κ2) is 6.22. The maximum Gasteiger partial charge on any atom is 0.0406 e. The van der Waals surface area contributed by atoms with Crippen LogP contribution in [0.4, 0.5) is 0 Å². The SMILES string of the molecule is Clc1ccc(/C=C/CCCBr)cc1. The van der Waals surface area contributed by atoms with E-state index in [2.05, 4.69) is 28.1 Å². The van der Waals surface area contributed by atoms with Crippen molar-refractivity contribution in [1.82, 2.24) is 0 Å². The first-order valence-corrected chi connectivity index (χ1v) is 5.81. The molecule has 1 rings (SSSR count). The largest absolute Gasteiger partial charge is 0.0928 e. The third kappa shape index (κ3) is 4.49. The van der Waals surface area contributed by atoms with Crippen molar-refractivity contribution in [2.24, 2.45) is 0 Å². The Bertz CT molecular complexity index is 264. The van der Waals surface area contributed by atoms with Crippen LogP contribution in [0.5, 0.6) is 0 Å². The molecule has 0 N–H and O–H groups in total. The zero-order valence-corrected chi connectivity index (χ0v) is 9.68. The first-order valence-electron chi connectivity index (χ1n) is 4.31. The summed E-state index contributed by atoms with van der Waals surface area (Å²) in [6.07, 6.45) is 6.61. The molecule has 0 unspecified atom stereocenters. The van der Waals surface area contributed by atoms with Gasteiger partial charge in [0.05, 0.1) is 0 Å². The summed E-state index contributed by atoms with van der Waals surface area (Å²) in [6, 6.07) is 7.86. The second-order valence-electron chi connectivity index (χ2n) is 2.79. The smallest absolute Gasteiger partial charge is 0.0406 e. The van der Waals surface area contributed by atoms with Gasteiger partial charge < -0.3 is 0 Å². The van der Waals surface area contributed by atoms with Gasteiger partial charge in [-0.3, -0.25) is 0 Å². The molecule has 0 nitrogen and oxygen atoms in total. The lowest BCUT2D eigenvalue weighted by atomic mass is 10.2. The normalized spacial score (nSPS) is 10.9. The fraction of sp³-hybridized carbons (Fsp3) is 0.273. The molecule has 13 heavy (non-hydrogen) atoms. The van der Waals surface area contributed by atoms with Crippen molar-refractivity contribution < 1.29 is 0 Å². The molecule has 70 valence electrons. The summed E-state index contributed by atoms with van der Waals surface area (Å²) in [7, 11) is 0. The molecule has 0 aliphatic heterocycles. The molecule has 0 fully saturated rings. The van der Waals surface area contributed by atoms with E-state index < -0.39 is 0 Å². The Morgan fingerprint density at radius 1 is 1.23 bits per heavy atom. The van der Waals surface area contributed by atoms with Crippen LogP contribution in [-0.2, 0) is 0 Å². The molecule has 0 bridgehead atoms. The van der Waals surface area contributed by atoms with E-state index in [-0.39, 0.29) is 0 Å². The Morgan fingerprint density at radius 2 is 1.92 bits per heavy atom. The highest BCUT2D eigenvalue weighted by molar-refractivity contribution is 9.09. The predicted molar refractivity (Wildman–Crippen MR) is 63.5 cm³/mol. The van der Waals surface area contributed by atoms with E-state index in [4.69, 9.17) is 11.6 Å². The van der Waals surface area contributed by atoms with Gasteiger partial charge in [0, 0.05) is 10.4 Å². The number of rotatable bonds is 4. The van der Waals surface area contributed by atoms with Crippen molar-refractivity contribution in [3.63, 3.8) is 0 Å². The number of alkyl halides is 1. The van der Waals surface area contributed by atoms with E-state index in [1.807, 2.05) is 24.3 Å². The minimum absolute atomic E-state index is 0.789. The molecule has 0 saturated heterocycles.